The van der Waals surface area contributed by atoms with Crippen LogP contribution in [0.15, 0.2) is 0 Å². The molecule has 3 atom stereocenters. The molecule has 0 saturated heterocycles. The van der Waals surface area contributed by atoms with Gasteiger partial charge in [0.1, 0.15) is 11.6 Å². The van der Waals surface area contributed by atoms with Crippen LogP contribution in [0.25, 0.3) is 0 Å². The zero-order chi connectivity index (χ0) is 15.3. The molecule has 0 aliphatic heterocycles. The van der Waals surface area contributed by atoms with Crippen molar-refractivity contribution in [3.05, 3.63) is 0 Å². The van der Waals surface area contributed by atoms with Crippen LogP contribution < -0.4 is 10.6 Å². The van der Waals surface area contributed by atoms with Gasteiger partial charge in [0.15, 0.2) is 0 Å². The summed E-state index contributed by atoms with van der Waals surface area (Å²) in [4.78, 5) is 23.6. The molecular weight excluding hydrogens is 260 g/mol. The maximum atomic E-state index is 12.0. The minimum absolute atomic E-state index is 0.0235. The number of rotatable bonds is 4. The lowest BCUT2D eigenvalue weighted by Crippen LogP contribution is -2.50. The van der Waals surface area contributed by atoms with Gasteiger partial charge in [-0.3, -0.25) is 4.79 Å². The predicted octanol–water partition coefficient (Wildman–Crippen LogP) is 1.58. The summed E-state index contributed by atoms with van der Waals surface area (Å²) in [7, 11) is 1.65. The minimum Gasteiger partial charge on any atom is -0.444 e. The Balaban J connectivity index is 2.41. The van der Waals surface area contributed by atoms with Gasteiger partial charge in [-0.1, -0.05) is 0 Å². The molecule has 0 spiro atoms. The van der Waals surface area contributed by atoms with Crippen LogP contribution in [0.2, 0.25) is 0 Å². The summed E-state index contributed by atoms with van der Waals surface area (Å²) in [6, 6.07) is -0.613. The second-order valence-corrected chi connectivity index (χ2v) is 6.19. The first-order chi connectivity index (χ1) is 9.23. The van der Waals surface area contributed by atoms with Gasteiger partial charge in [-0.25, -0.2) is 4.79 Å². The molecule has 3 unspecified atom stereocenters. The number of carbonyl (C=O) groups excluding carboxylic acids is 2. The third kappa shape index (κ3) is 5.36. The molecule has 1 fully saturated rings. The van der Waals surface area contributed by atoms with Gasteiger partial charge in [0.2, 0.25) is 5.91 Å². The van der Waals surface area contributed by atoms with Crippen LogP contribution in [0.5, 0.6) is 0 Å². The van der Waals surface area contributed by atoms with Crippen molar-refractivity contribution in [2.24, 2.45) is 0 Å². The molecule has 0 radical (unpaired) electrons. The Morgan fingerprint density at radius 3 is 2.45 bits per heavy atom. The van der Waals surface area contributed by atoms with E-state index in [1.165, 1.54) is 0 Å². The van der Waals surface area contributed by atoms with E-state index in [0.717, 1.165) is 19.3 Å². The van der Waals surface area contributed by atoms with E-state index >= 15 is 0 Å². The van der Waals surface area contributed by atoms with Crippen molar-refractivity contribution >= 4 is 12.0 Å². The average Bonchev–Trinajstić information content (AvgIpc) is 2.73. The highest BCUT2D eigenvalue weighted by Gasteiger charge is 2.30. The Kier molecular flexibility index (Phi) is 5.80. The number of ether oxygens (including phenoxy) is 2. The SMILES string of the molecule is COC1CCCC1NC(=O)C(C)NC(=O)OC(C)(C)C. The van der Waals surface area contributed by atoms with Crippen molar-refractivity contribution in [2.75, 3.05) is 7.11 Å². The Morgan fingerprint density at radius 1 is 1.25 bits per heavy atom. The number of nitrogens with one attached hydrogen (secondary N) is 2. The molecule has 1 aliphatic rings. The normalized spacial score (nSPS) is 24.1. The van der Waals surface area contributed by atoms with Crippen molar-refractivity contribution in [1.82, 2.24) is 10.6 Å². The van der Waals surface area contributed by atoms with Gasteiger partial charge < -0.3 is 20.1 Å². The largest absolute Gasteiger partial charge is 0.444 e. The van der Waals surface area contributed by atoms with E-state index in [2.05, 4.69) is 10.6 Å². The lowest BCUT2D eigenvalue weighted by atomic mass is 10.2. The molecule has 1 saturated carbocycles. The summed E-state index contributed by atoms with van der Waals surface area (Å²) < 4.78 is 10.4. The highest BCUT2D eigenvalue weighted by Crippen LogP contribution is 2.21. The Labute approximate surface area is 120 Å². The van der Waals surface area contributed by atoms with Crippen LogP contribution in [0.3, 0.4) is 0 Å². The van der Waals surface area contributed by atoms with E-state index in [-0.39, 0.29) is 18.1 Å². The van der Waals surface area contributed by atoms with Gasteiger partial charge >= 0.3 is 6.09 Å². The van der Waals surface area contributed by atoms with Crippen molar-refractivity contribution < 1.29 is 19.1 Å². The van der Waals surface area contributed by atoms with E-state index in [4.69, 9.17) is 9.47 Å². The van der Waals surface area contributed by atoms with E-state index in [0.29, 0.717) is 0 Å². The maximum absolute atomic E-state index is 12.0. The zero-order valence-electron chi connectivity index (χ0n) is 13.0. The number of hydrogen-bond acceptors (Lipinski definition) is 4. The van der Waals surface area contributed by atoms with E-state index in [9.17, 15) is 9.59 Å². The molecule has 0 aromatic rings. The highest BCUT2D eigenvalue weighted by molar-refractivity contribution is 5.85. The zero-order valence-corrected chi connectivity index (χ0v) is 13.0. The van der Waals surface area contributed by atoms with Crippen LogP contribution >= 0.6 is 0 Å². The standard InChI is InChI=1S/C14H26N2O4/c1-9(15-13(18)20-14(2,3)4)12(17)16-10-7-6-8-11(10)19-5/h9-11H,6-8H2,1-5H3,(H,15,18)(H,16,17). The first kappa shape index (κ1) is 16.8. The van der Waals surface area contributed by atoms with Crippen molar-refractivity contribution in [3.63, 3.8) is 0 Å². The molecule has 0 aromatic heterocycles. The Hall–Kier alpha value is -1.30. The second kappa shape index (κ2) is 6.92. The lowest BCUT2D eigenvalue weighted by molar-refractivity contribution is -0.124. The first-order valence-corrected chi connectivity index (χ1v) is 7.05. The topological polar surface area (TPSA) is 76.7 Å². The van der Waals surface area contributed by atoms with Gasteiger partial charge in [0, 0.05) is 7.11 Å². The molecule has 0 bridgehead atoms. The van der Waals surface area contributed by atoms with Gasteiger partial charge in [0.05, 0.1) is 12.1 Å². The molecule has 1 rings (SSSR count). The lowest BCUT2D eigenvalue weighted by Gasteiger charge is -2.24. The van der Waals surface area contributed by atoms with E-state index in [1.807, 2.05) is 0 Å². The van der Waals surface area contributed by atoms with Gasteiger partial charge in [0.25, 0.3) is 0 Å². The van der Waals surface area contributed by atoms with Gasteiger partial charge in [-0.05, 0) is 47.0 Å². The molecule has 116 valence electrons. The molecule has 2 amide bonds. The number of alkyl carbamates (subject to hydrolysis) is 1. The van der Waals surface area contributed by atoms with Crippen LogP contribution in [-0.2, 0) is 14.3 Å². The molecule has 20 heavy (non-hydrogen) atoms. The quantitative estimate of drug-likeness (QED) is 0.822. The molecule has 6 nitrogen and oxygen atoms in total. The maximum Gasteiger partial charge on any atom is 0.408 e. The fourth-order valence-electron chi connectivity index (χ4n) is 2.23. The van der Waals surface area contributed by atoms with Crippen molar-refractivity contribution in [3.8, 4) is 0 Å². The smallest absolute Gasteiger partial charge is 0.408 e. The minimum atomic E-state index is -0.636. The third-order valence-corrected chi connectivity index (χ3v) is 3.21. The molecule has 1 aliphatic carbocycles. The second-order valence-electron chi connectivity index (χ2n) is 6.19. The van der Waals surface area contributed by atoms with Crippen molar-refractivity contribution in [1.29, 1.82) is 0 Å². The summed E-state index contributed by atoms with van der Waals surface area (Å²) in [5, 5.41) is 5.44. The number of methoxy groups -OCH3 is 1. The van der Waals surface area contributed by atoms with Crippen LogP contribution in [0.1, 0.15) is 47.0 Å². The highest BCUT2D eigenvalue weighted by atomic mass is 16.6. The number of carbonyl (C=O) groups is 2. The van der Waals surface area contributed by atoms with Gasteiger partial charge in [-0.15, -0.1) is 0 Å². The molecule has 6 heteroatoms. The van der Waals surface area contributed by atoms with Crippen molar-refractivity contribution in [2.45, 2.75) is 70.7 Å². The summed E-state index contributed by atoms with van der Waals surface area (Å²) >= 11 is 0. The summed E-state index contributed by atoms with van der Waals surface area (Å²) in [6.07, 6.45) is 2.37. The fraction of sp³-hybridized carbons (Fsp3) is 0.857. The number of hydrogen-bond donors (Lipinski definition) is 2. The number of amides is 2. The molecule has 0 heterocycles. The summed E-state index contributed by atoms with van der Waals surface area (Å²) in [6.45, 7) is 6.97. The molecular formula is C14H26N2O4. The summed E-state index contributed by atoms with van der Waals surface area (Å²) in [5.74, 6) is -0.218. The average molecular weight is 286 g/mol. The van der Waals surface area contributed by atoms with Crippen LogP contribution in [0.4, 0.5) is 4.79 Å². The molecule has 2 N–H and O–H groups in total. The van der Waals surface area contributed by atoms with E-state index in [1.54, 1.807) is 34.8 Å². The Morgan fingerprint density at radius 2 is 1.90 bits per heavy atom. The van der Waals surface area contributed by atoms with Gasteiger partial charge in [-0.2, -0.15) is 0 Å². The monoisotopic (exact) mass is 286 g/mol. The molecule has 0 aromatic carbocycles. The van der Waals surface area contributed by atoms with Crippen LogP contribution in [0, 0.1) is 0 Å². The first-order valence-electron chi connectivity index (χ1n) is 7.05. The Bertz CT molecular complexity index is 352. The van der Waals surface area contributed by atoms with Crippen LogP contribution in [-0.4, -0.2) is 42.9 Å². The third-order valence-electron chi connectivity index (χ3n) is 3.21. The van der Waals surface area contributed by atoms with E-state index < -0.39 is 17.7 Å². The fourth-order valence-corrected chi connectivity index (χ4v) is 2.23. The summed E-state index contributed by atoms with van der Waals surface area (Å²) in [5.41, 5.74) is -0.577. The predicted molar refractivity (Wildman–Crippen MR) is 75.4 cm³/mol.